The van der Waals surface area contributed by atoms with Gasteiger partial charge in [0.25, 0.3) is 0 Å². The van der Waals surface area contributed by atoms with E-state index in [-0.39, 0.29) is 24.0 Å². The molecule has 1 amide bonds. The molecule has 1 saturated heterocycles. The number of rotatable bonds is 3. The third kappa shape index (κ3) is 2.27. The Balaban J connectivity index is 2.05. The molecule has 0 bridgehead atoms. The highest BCUT2D eigenvalue weighted by molar-refractivity contribution is 6.04. The van der Waals surface area contributed by atoms with Crippen molar-refractivity contribution < 1.29 is 9.53 Å². The molecule has 3 N–H and O–H groups in total. The summed E-state index contributed by atoms with van der Waals surface area (Å²) in [6.07, 6.45) is 3.02. The molecule has 1 aromatic rings. The molecule has 21 heavy (non-hydrogen) atoms. The van der Waals surface area contributed by atoms with E-state index in [2.05, 4.69) is 25.2 Å². The minimum Gasteiger partial charge on any atom is -0.376 e. The van der Waals surface area contributed by atoms with Gasteiger partial charge in [0.2, 0.25) is 5.91 Å². The Kier molecular flexibility index (Phi) is 3.76. The van der Waals surface area contributed by atoms with Crippen molar-refractivity contribution in [3.05, 3.63) is 28.3 Å². The molecule has 0 saturated carbocycles. The van der Waals surface area contributed by atoms with Gasteiger partial charge in [-0.3, -0.25) is 4.79 Å². The molecule has 0 aromatic heterocycles. The first-order chi connectivity index (χ1) is 10.0. The fraction of sp³-hybridized carbons (Fsp3) is 0.588. The van der Waals surface area contributed by atoms with Crippen molar-refractivity contribution in [2.24, 2.45) is 5.73 Å². The van der Waals surface area contributed by atoms with Crippen LogP contribution in [0.2, 0.25) is 0 Å². The summed E-state index contributed by atoms with van der Waals surface area (Å²) in [4.78, 5) is 12.1. The Bertz CT molecular complexity index is 577. The molecule has 0 spiro atoms. The summed E-state index contributed by atoms with van der Waals surface area (Å²) >= 11 is 0. The van der Waals surface area contributed by atoms with Crippen LogP contribution in [-0.4, -0.2) is 18.6 Å². The molecule has 3 rings (SSSR count). The van der Waals surface area contributed by atoms with Gasteiger partial charge in [-0.05, 0) is 55.4 Å². The second-order valence-electron chi connectivity index (χ2n) is 6.21. The minimum atomic E-state index is -0.107. The fourth-order valence-electron chi connectivity index (χ4n) is 3.60. The fourth-order valence-corrected chi connectivity index (χ4v) is 3.60. The van der Waals surface area contributed by atoms with Gasteiger partial charge >= 0.3 is 0 Å². The van der Waals surface area contributed by atoms with Gasteiger partial charge in [0.15, 0.2) is 0 Å². The summed E-state index contributed by atoms with van der Waals surface area (Å²) in [7, 11) is 0. The molecule has 2 aliphatic heterocycles. The zero-order valence-corrected chi connectivity index (χ0v) is 13.0. The quantitative estimate of drug-likeness (QED) is 0.899. The lowest BCUT2D eigenvalue weighted by molar-refractivity contribution is -0.117. The van der Waals surface area contributed by atoms with E-state index in [1.807, 2.05) is 6.92 Å². The topological polar surface area (TPSA) is 64.4 Å². The van der Waals surface area contributed by atoms with Crippen LogP contribution in [0.4, 0.5) is 5.69 Å². The highest BCUT2D eigenvalue weighted by Crippen LogP contribution is 2.41. The second kappa shape index (κ2) is 5.43. The predicted molar refractivity (Wildman–Crippen MR) is 83.5 cm³/mol. The van der Waals surface area contributed by atoms with Crippen molar-refractivity contribution in [3.63, 3.8) is 0 Å². The van der Waals surface area contributed by atoms with Crippen LogP contribution in [0.1, 0.15) is 60.4 Å². The van der Waals surface area contributed by atoms with Crippen LogP contribution in [-0.2, 0) is 9.53 Å². The Morgan fingerprint density at radius 3 is 2.81 bits per heavy atom. The lowest BCUT2D eigenvalue weighted by Crippen LogP contribution is -2.26. The van der Waals surface area contributed by atoms with Crippen molar-refractivity contribution in [2.75, 3.05) is 11.9 Å². The van der Waals surface area contributed by atoms with E-state index in [4.69, 9.17) is 10.5 Å². The van der Waals surface area contributed by atoms with Crippen LogP contribution in [0, 0.1) is 13.8 Å². The molecule has 4 heteroatoms. The highest BCUT2D eigenvalue weighted by Gasteiger charge is 2.33. The van der Waals surface area contributed by atoms with E-state index in [0.717, 1.165) is 48.2 Å². The largest absolute Gasteiger partial charge is 0.376 e. The lowest BCUT2D eigenvalue weighted by atomic mass is 9.87. The van der Waals surface area contributed by atoms with Crippen molar-refractivity contribution in [2.45, 2.75) is 58.1 Å². The number of nitrogens with one attached hydrogen (secondary N) is 1. The molecule has 4 nitrogen and oxygen atoms in total. The third-order valence-corrected chi connectivity index (χ3v) is 5.04. The van der Waals surface area contributed by atoms with E-state index in [0.29, 0.717) is 0 Å². The Morgan fingerprint density at radius 1 is 1.43 bits per heavy atom. The first-order valence-corrected chi connectivity index (χ1v) is 7.86. The van der Waals surface area contributed by atoms with Gasteiger partial charge in [-0.2, -0.15) is 0 Å². The average molecular weight is 288 g/mol. The van der Waals surface area contributed by atoms with Crippen LogP contribution in [0.3, 0.4) is 0 Å². The maximum atomic E-state index is 12.1. The highest BCUT2D eigenvalue weighted by atomic mass is 16.5. The van der Waals surface area contributed by atoms with Gasteiger partial charge in [-0.25, -0.2) is 0 Å². The molecular formula is C17H24N2O2. The molecule has 2 heterocycles. The van der Waals surface area contributed by atoms with Gasteiger partial charge in [-0.1, -0.05) is 13.0 Å². The minimum absolute atomic E-state index is 0.0465. The van der Waals surface area contributed by atoms with Crippen molar-refractivity contribution in [1.29, 1.82) is 0 Å². The smallest absolute Gasteiger partial charge is 0.232 e. The summed E-state index contributed by atoms with van der Waals surface area (Å²) in [5.74, 6) is 0.0626. The number of anilines is 1. The summed E-state index contributed by atoms with van der Waals surface area (Å²) < 4.78 is 5.75. The van der Waals surface area contributed by atoms with Crippen LogP contribution >= 0.6 is 0 Å². The first kappa shape index (κ1) is 14.5. The summed E-state index contributed by atoms with van der Waals surface area (Å²) in [6.45, 7) is 7.01. The number of nitrogens with two attached hydrogens (primary N) is 1. The van der Waals surface area contributed by atoms with E-state index in [1.54, 1.807) is 0 Å². The van der Waals surface area contributed by atoms with Gasteiger partial charge in [0.1, 0.15) is 0 Å². The van der Waals surface area contributed by atoms with Crippen LogP contribution in [0.15, 0.2) is 6.07 Å². The van der Waals surface area contributed by atoms with Crippen LogP contribution < -0.4 is 11.1 Å². The van der Waals surface area contributed by atoms with Crippen LogP contribution in [0.5, 0.6) is 0 Å². The van der Waals surface area contributed by atoms with Crippen molar-refractivity contribution in [1.82, 2.24) is 0 Å². The van der Waals surface area contributed by atoms with E-state index in [9.17, 15) is 4.79 Å². The molecule has 2 aliphatic rings. The van der Waals surface area contributed by atoms with Gasteiger partial charge in [0, 0.05) is 12.3 Å². The molecule has 1 aromatic carbocycles. The summed E-state index contributed by atoms with van der Waals surface area (Å²) in [5.41, 5.74) is 12.0. The van der Waals surface area contributed by atoms with Gasteiger partial charge < -0.3 is 15.8 Å². The average Bonchev–Trinajstić information content (AvgIpc) is 3.09. The Labute approximate surface area is 126 Å². The molecule has 0 aliphatic carbocycles. The zero-order valence-electron chi connectivity index (χ0n) is 13.0. The third-order valence-electron chi connectivity index (χ3n) is 5.04. The maximum Gasteiger partial charge on any atom is 0.232 e. The molecule has 3 atom stereocenters. The molecule has 114 valence electrons. The zero-order chi connectivity index (χ0) is 15.1. The van der Waals surface area contributed by atoms with E-state index < -0.39 is 0 Å². The van der Waals surface area contributed by atoms with Crippen molar-refractivity contribution >= 4 is 11.6 Å². The number of benzene rings is 1. The first-order valence-electron chi connectivity index (χ1n) is 7.86. The number of fused-ring (bicyclic) bond motifs is 1. The lowest BCUT2D eigenvalue weighted by Gasteiger charge is -2.23. The normalized spacial score (nSPS) is 25.8. The standard InChI is InChI=1S/C17H24N2O2/c1-4-11-13-8-12(15(18)14-6-5-7-21-14)9(2)10(3)16(13)19-17(11)20/h8,11,14-15H,4-7,18H2,1-3H3,(H,19,20). The number of hydrogen-bond donors (Lipinski definition) is 2. The number of carbonyl (C=O) groups excluding carboxylic acids is 1. The summed E-state index contributed by atoms with van der Waals surface area (Å²) in [6, 6.07) is 2.03. The molecule has 3 unspecified atom stereocenters. The Morgan fingerprint density at radius 2 is 2.19 bits per heavy atom. The van der Waals surface area contributed by atoms with Crippen LogP contribution in [0.25, 0.3) is 0 Å². The maximum absolute atomic E-state index is 12.1. The Hall–Kier alpha value is -1.39. The van der Waals surface area contributed by atoms with E-state index in [1.165, 1.54) is 5.56 Å². The number of amides is 1. The molecular weight excluding hydrogens is 264 g/mol. The van der Waals surface area contributed by atoms with E-state index >= 15 is 0 Å². The van der Waals surface area contributed by atoms with Gasteiger partial charge in [0.05, 0.1) is 18.1 Å². The molecule has 1 fully saturated rings. The number of ether oxygens (including phenoxy) is 1. The second-order valence-corrected chi connectivity index (χ2v) is 6.21. The monoisotopic (exact) mass is 288 g/mol. The summed E-state index contributed by atoms with van der Waals surface area (Å²) in [5, 5.41) is 3.03. The number of hydrogen-bond acceptors (Lipinski definition) is 3. The SMILES string of the molecule is CCC1C(=O)Nc2c1cc(C(N)C1CCCO1)c(C)c2C. The van der Waals surface area contributed by atoms with Gasteiger partial charge in [-0.15, -0.1) is 0 Å². The van der Waals surface area contributed by atoms with Crippen molar-refractivity contribution in [3.8, 4) is 0 Å². The predicted octanol–water partition coefficient (Wildman–Crippen LogP) is 2.93. The molecule has 0 radical (unpaired) electrons. The number of carbonyl (C=O) groups is 1.